The van der Waals surface area contributed by atoms with Crippen LogP contribution in [0.25, 0.3) is 10.9 Å². The molecule has 1 saturated heterocycles. The third kappa shape index (κ3) is 3.12. The highest BCUT2D eigenvalue weighted by atomic mass is 16.5. The first kappa shape index (κ1) is 18.0. The standard InChI is InChI=1S/C23H25N3O3/c1-29-20-6-2-4-17-8-10-24(23(17)20)11-9-21(27)25-13-16-12-18(15-25)19-5-3-7-22(28)26(19)14-16/h2-8,10,16,18H,9,11-15H2,1H3/t16-,18-/m1/s1. The van der Waals surface area contributed by atoms with E-state index in [-0.39, 0.29) is 17.4 Å². The number of benzene rings is 1. The molecular weight excluding hydrogens is 366 g/mol. The Morgan fingerprint density at radius 2 is 1.97 bits per heavy atom. The fraction of sp³-hybridized carbons (Fsp3) is 0.391. The lowest BCUT2D eigenvalue weighted by molar-refractivity contribution is -0.134. The molecule has 5 rings (SSSR count). The zero-order chi connectivity index (χ0) is 20.0. The summed E-state index contributed by atoms with van der Waals surface area (Å²) >= 11 is 0. The van der Waals surface area contributed by atoms with Gasteiger partial charge in [0.15, 0.2) is 0 Å². The molecule has 1 aromatic carbocycles. The van der Waals surface area contributed by atoms with Crippen LogP contribution >= 0.6 is 0 Å². The lowest BCUT2D eigenvalue weighted by Crippen LogP contribution is -2.49. The Morgan fingerprint density at radius 1 is 1.10 bits per heavy atom. The van der Waals surface area contributed by atoms with Crippen molar-refractivity contribution in [2.24, 2.45) is 5.92 Å². The fourth-order valence-corrected chi connectivity index (χ4v) is 5.05. The van der Waals surface area contributed by atoms with E-state index >= 15 is 0 Å². The van der Waals surface area contributed by atoms with Gasteiger partial charge in [-0.3, -0.25) is 9.59 Å². The number of nitrogens with zero attached hydrogens (tertiary/aromatic N) is 3. The largest absolute Gasteiger partial charge is 0.495 e. The van der Waals surface area contributed by atoms with Crippen LogP contribution in [-0.2, 0) is 17.9 Å². The van der Waals surface area contributed by atoms with E-state index in [4.69, 9.17) is 4.74 Å². The van der Waals surface area contributed by atoms with Gasteiger partial charge in [0.1, 0.15) is 5.75 Å². The molecule has 3 aromatic rings. The Kier molecular flexibility index (Phi) is 4.42. The van der Waals surface area contributed by atoms with Crippen molar-refractivity contribution < 1.29 is 9.53 Å². The first-order valence-electron chi connectivity index (χ1n) is 10.2. The van der Waals surface area contributed by atoms with Crippen molar-refractivity contribution in [3.8, 4) is 5.75 Å². The quantitative estimate of drug-likeness (QED) is 0.687. The van der Waals surface area contributed by atoms with Gasteiger partial charge in [-0.2, -0.15) is 0 Å². The maximum absolute atomic E-state index is 13.0. The van der Waals surface area contributed by atoms with Gasteiger partial charge in [-0.15, -0.1) is 0 Å². The predicted molar refractivity (Wildman–Crippen MR) is 111 cm³/mol. The predicted octanol–water partition coefficient (Wildman–Crippen LogP) is 2.85. The van der Waals surface area contributed by atoms with Crippen LogP contribution in [0.4, 0.5) is 0 Å². The normalized spacial score (nSPS) is 20.5. The molecule has 0 aliphatic carbocycles. The topological polar surface area (TPSA) is 56.5 Å². The molecule has 29 heavy (non-hydrogen) atoms. The SMILES string of the molecule is COc1cccc2ccn(CCC(=O)N3C[C@H]4C[C@H](C3)c3cccc(=O)n3C4)c12. The van der Waals surface area contributed by atoms with Crippen molar-refractivity contribution in [2.45, 2.75) is 31.8 Å². The Labute approximate surface area is 169 Å². The van der Waals surface area contributed by atoms with E-state index in [0.717, 1.165) is 35.3 Å². The number of ether oxygens (including phenoxy) is 1. The molecule has 1 fully saturated rings. The second-order valence-corrected chi connectivity index (χ2v) is 8.15. The van der Waals surface area contributed by atoms with Crippen LogP contribution in [0.3, 0.4) is 0 Å². The maximum Gasteiger partial charge on any atom is 0.250 e. The maximum atomic E-state index is 13.0. The molecule has 0 radical (unpaired) electrons. The van der Waals surface area contributed by atoms with Crippen molar-refractivity contribution in [1.82, 2.24) is 14.0 Å². The summed E-state index contributed by atoms with van der Waals surface area (Å²) in [6.45, 7) is 2.79. The number of rotatable bonds is 4. The van der Waals surface area contributed by atoms with Gasteiger partial charge in [0.25, 0.3) is 5.56 Å². The van der Waals surface area contributed by atoms with Crippen molar-refractivity contribution in [1.29, 1.82) is 0 Å². The number of methoxy groups -OCH3 is 1. The molecule has 0 spiro atoms. The van der Waals surface area contributed by atoms with Crippen LogP contribution in [0, 0.1) is 5.92 Å². The number of pyridine rings is 1. The average molecular weight is 391 g/mol. The molecule has 2 aromatic heterocycles. The molecule has 150 valence electrons. The van der Waals surface area contributed by atoms with Crippen LogP contribution in [0.2, 0.25) is 0 Å². The summed E-state index contributed by atoms with van der Waals surface area (Å²) in [5.74, 6) is 1.63. The summed E-state index contributed by atoms with van der Waals surface area (Å²) in [6, 6.07) is 13.5. The second kappa shape index (κ2) is 7.10. The highest BCUT2D eigenvalue weighted by molar-refractivity contribution is 5.86. The van der Waals surface area contributed by atoms with Gasteiger partial charge in [-0.25, -0.2) is 0 Å². The summed E-state index contributed by atoms with van der Waals surface area (Å²) in [5, 5.41) is 1.12. The third-order valence-electron chi connectivity index (χ3n) is 6.37. The zero-order valence-corrected chi connectivity index (χ0v) is 16.6. The number of fused-ring (bicyclic) bond motifs is 5. The molecular formula is C23H25N3O3. The second-order valence-electron chi connectivity index (χ2n) is 8.15. The molecule has 2 aliphatic heterocycles. The van der Waals surface area contributed by atoms with E-state index < -0.39 is 0 Å². The summed E-state index contributed by atoms with van der Waals surface area (Å²) < 4.78 is 9.50. The van der Waals surface area contributed by atoms with Gasteiger partial charge in [0, 0.05) is 61.9 Å². The smallest absolute Gasteiger partial charge is 0.250 e. The molecule has 2 aliphatic rings. The van der Waals surface area contributed by atoms with Crippen LogP contribution in [0.5, 0.6) is 5.75 Å². The van der Waals surface area contributed by atoms with E-state index in [0.29, 0.717) is 32.0 Å². The Balaban J connectivity index is 1.31. The van der Waals surface area contributed by atoms with Crippen LogP contribution in [0.1, 0.15) is 24.5 Å². The molecule has 6 heteroatoms. The molecule has 6 nitrogen and oxygen atoms in total. The van der Waals surface area contributed by atoms with Crippen molar-refractivity contribution in [3.63, 3.8) is 0 Å². The van der Waals surface area contributed by atoms with E-state index in [9.17, 15) is 9.59 Å². The number of aryl methyl sites for hydroxylation is 1. The molecule has 0 N–H and O–H groups in total. The zero-order valence-electron chi connectivity index (χ0n) is 16.6. The van der Waals surface area contributed by atoms with E-state index in [1.807, 2.05) is 39.9 Å². The fourth-order valence-electron chi connectivity index (χ4n) is 5.05. The minimum Gasteiger partial charge on any atom is -0.495 e. The van der Waals surface area contributed by atoms with Gasteiger partial charge >= 0.3 is 0 Å². The number of likely N-dealkylation sites (tertiary alicyclic amines) is 1. The number of para-hydroxylation sites is 1. The summed E-state index contributed by atoms with van der Waals surface area (Å²) in [4.78, 5) is 27.2. The lowest BCUT2D eigenvalue weighted by Gasteiger charge is -2.42. The molecule has 0 unspecified atom stereocenters. The monoisotopic (exact) mass is 391 g/mol. The first-order chi connectivity index (χ1) is 14.1. The minimum absolute atomic E-state index is 0.0745. The van der Waals surface area contributed by atoms with Gasteiger partial charge in [-0.1, -0.05) is 18.2 Å². The number of aromatic nitrogens is 2. The molecule has 4 heterocycles. The minimum atomic E-state index is 0.0745. The molecule has 0 saturated carbocycles. The van der Waals surface area contributed by atoms with E-state index in [2.05, 4.69) is 16.7 Å². The van der Waals surface area contributed by atoms with Crippen LogP contribution in [0.15, 0.2) is 53.5 Å². The summed E-state index contributed by atoms with van der Waals surface area (Å²) in [5.41, 5.74) is 2.18. The summed E-state index contributed by atoms with van der Waals surface area (Å²) in [6.07, 6.45) is 3.55. The van der Waals surface area contributed by atoms with E-state index in [1.54, 1.807) is 13.2 Å². The number of amides is 1. The first-order valence-corrected chi connectivity index (χ1v) is 10.2. The average Bonchev–Trinajstić information content (AvgIpc) is 3.16. The van der Waals surface area contributed by atoms with Crippen molar-refractivity contribution >= 4 is 16.8 Å². The lowest BCUT2D eigenvalue weighted by atomic mass is 9.83. The molecule has 2 bridgehead atoms. The van der Waals surface area contributed by atoms with Crippen molar-refractivity contribution in [2.75, 3.05) is 20.2 Å². The number of piperidine rings is 1. The highest BCUT2D eigenvalue weighted by Gasteiger charge is 2.36. The van der Waals surface area contributed by atoms with Crippen LogP contribution in [-0.4, -0.2) is 40.1 Å². The summed E-state index contributed by atoms with van der Waals surface area (Å²) in [7, 11) is 1.67. The molecule has 2 atom stereocenters. The van der Waals surface area contributed by atoms with Crippen molar-refractivity contribution in [3.05, 3.63) is 64.7 Å². The van der Waals surface area contributed by atoms with Gasteiger partial charge in [0.2, 0.25) is 5.91 Å². The number of carbonyl (C=O) groups is 1. The Morgan fingerprint density at radius 3 is 2.83 bits per heavy atom. The van der Waals surface area contributed by atoms with Crippen LogP contribution < -0.4 is 10.3 Å². The van der Waals surface area contributed by atoms with Gasteiger partial charge in [0.05, 0.1) is 12.6 Å². The third-order valence-corrected chi connectivity index (χ3v) is 6.37. The Bertz CT molecular complexity index is 1130. The molecule has 1 amide bonds. The number of hydrogen-bond donors (Lipinski definition) is 0. The highest BCUT2D eigenvalue weighted by Crippen LogP contribution is 2.35. The Hall–Kier alpha value is -3.02. The number of hydrogen-bond acceptors (Lipinski definition) is 3. The van der Waals surface area contributed by atoms with Gasteiger partial charge in [-0.05, 0) is 30.5 Å². The van der Waals surface area contributed by atoms with E-state index in [1.165, 1.54) is 0 Å². The van der Waals surface area contributed by atoms with Gasteiger partial charge < -0.3 is 18.8 Å². The number of carbonyl (C=O) groups excluding carboxylic acids is 1.